The van der Waals surface area contributed by atoms with Gasteiger partial charge in [0, 0.05) is 25.2 Å². The molecule has 0 aliphatic heterocycles. The number of hydrogen-bond acceptors (Lipinski definition) is 2. The number of anilines is 1. The van der Waals surface area contributed by atoms with Crippen LogP contribution in [0.2, 0.25) is 0 Å². The van der Waals surface area contributed by atoms with Gasteiger partial charge in [-0.25, -0.2) is 0 Å². The van der Waals surface area contributed by atoms with E-state index in [1.54, 1.807) is 0 Å². The van der Waals surface area contributed by atoms with Crippen molar-refractivity contribution in [2.24, 2.45) is 0 Å². The molecule has 0 unspecified atom stereocenters. The lowest BCUT2D eigenvalue weighted by Gasteiger charge is -2.28. The quantitative estimate of drug-likeness (QED) is 0.256. The van der Waals surface area contributed by atoms with Gasteiger partial charge in [-0.3, -0.25) is 0 Å². The maximum atomic E-state index is 2.34. The van der Waals surface area contributed by atoms with E-state index in [0.717, 1.165) is 0 Å². The van der Waals surface area contributed by atoms with Crippen LogP contribution < -0.4 is 4.90 Å². The third-order valence-corrected chi connectivity index (χ3v) is 5.85. The number of hydrogen-bond donors (Lipinski definition) is 0. The third kappa shape index (κ3) is 10.0. The molecule has 0 bridgehead atoms. The van der Waals surface area contributed by atoms with Crippen LogP contribution in [-0.4, -0.2) is 40.1 Å². The smallest absolute Gasteiger partial charge is 0.0435 e. The molecular weight excluding hydrogens is 472 g/mol. The summed E-state index contributed by atoms with van der Waals surface area (Å²) in [5.74, 6) is 0. The Hall–Kier alpha value is -3.36. The first-order valence-electron chi connectivity index (χ1n) is 14.4. The zero-order valence-electron chi connectivity index (χ0n) is 26.8. The second kappa shape index (κ2) is 19.7. The van der Waals surface area contributed by atoms with E-state index in [9.17, 15) is 0 Å². The molecule has 0 heterocycles. The molecule has 0 atom stereocenters. The van der Waals surface area contributed by atoms with Gasteiger partial charge < -0.3 is 9.80 Å². The Morgan fingerprint density at radius 1 is 0.436 bits per heavy atom. The molecule has 5 rings (SSSR count). The fourth-order valence-corrected chi connectivity index (χ4v) is 4.26. The number of fused-ring (bicyclic) bond motifs is 3. The molecule has 2 nitrogen and oxygen atoms in total. The Labute approximate surface area is 241 Å². The number of rotatable bonds is 2. The van der Waals surface area contributed by atoms with Gasteiger partial charge >= 0.3 is 0 Å². The van der Waals surface area contributed by atoms with Crippen LogP contribution >= 0.6 is 0 Å². The van der Waals surface area contributed by atoms with Crippen LogP contribution in [0.15, 0.2) is 109 Å². The molecule has 4 aromatic rings. The summed E-state index contributed by atoms with van der Waals surface area (Å²) in [6, 6.07) is 38.6. The summed E-state index contributed by atoms with van der Waals surface area (Å²) in [4.78, 5) is 4.08. The Morgan fingerprint density at radius 3 is 1.08 bits per heavy atom. The van der Waals surface area contributed by atoms with Crippen LogP contribution in [0.1, 0.15) is 65.2 Å². The Kier molecular flexibility index (Phi) is 18.0. The standard InChI is InChI=1S/C20H16.C8H11N.C3H9N.3C2H6/c1-20(15-9-3-2-4-10-15)18-13-7-5-11-16(18)17-12-6-8-14-19(17)20;1-9(2)8-6-4-3-5-7-8;1-4(2)3;3*1-2/h2-14H,1H3;3-7H,1-2H3;1-3H3;3*1-2H3. The lowest BCUT2D eigenvalue weighted by molar-refractivity contribution is 0.505. The van der Waals surface area contributed by atoms with Gasteiger partial charge in [-0.15, -0.1) is 0 Å². The first-order chi connectivity index (χ1) is 18.9. The highest BCUT2D eigenvalue weighted by molar-refractivity contribution is 5.82. The van der Waals surface area contributed by atoms with Gasteiger partial charge in [0.2, 0.25) is 0 Å². The maximum absolute atomic E-state index is 2.34. The average molecular weight is 527 g/mol. The minimum atomic E-state index is -0.0472. The van der Waals surface area contributed by atoms with E-state index in [-0.39, 0.29) is 5.41 Å². The number of para-hydroxylation sites is 1. The van der Waals surface area contributed by atoms with E-state index in [1.807, 2.05) is 99.9 Å². The third-order valence-electron chi connectivity index (χ3n) is 5.85. The summed E-state index contributed by atoms with van der Waals surface area (Å²) in [5, 5.41) is 0. The monoisotopic (exact) mass is 526 g/mol. The number of benzene rings is 4. The second-order valence-electron chi connectivity index (χ2n) is 9.15. The van der Waals surface area contributed by atoms with Crippen molar-refractivity contribution in [1.82, 2.24) is 4.90 Å². The predicted octanol–water partition coefficient (Wildman–Crippen LogP) is 10.0. The van der Waals surface area contributed by atoms with Gasteiger partial charge in [-0.05, 0) is 68.0 Å². The molecule has 0 N–H and O–H groups in total. The second-order valence-corrected chi connectivity index (χ2v) is 9.15. The van der Waals surface area contributed by atoms with Crippen molar-refractivity contribution in [3.63, 3.8) is 0 Å². The Balaban J connectivity index is 0.000000637. The van der Waals surface area contributed by atoms with Gasteiger partial charge in [0.05, 0.1) is 0 Å². The molecule has 1 aliphatic rings. The zero-order valence-corrected chi connectivity index (χ0v) is 26.8. The summed E-state index contributed by atoms with van der Waals surface area (Å²) >= 11 is 0. The lowest BCUT2D eigenvalue weighted by atomic mass is 9.74. The summed E-state index contributed by atoms with van der Waals surface area (Å²) in [6.07, 6.45) is 0. The molecule has 0 spiro atoms. The van der Waals surface area contributed by atoms with Crippen LogP contribution in [0.5, 0.6) is 0 Å². The SMILES string of the molecule is CC.CC.CC.CC1(c2ccccc2)c2ccccc2-c2ccccc21.CN(C)C.CN(C)c1ccccc1. The molecule has 39 heavy (non-hydrogen) atoms. The summed E-state index contributed by atoms with van der Waals surface area (Å²) in [7, 11) is 10.1. The summed E-state index contributed by atoms with van der Waals surface area (Å²) in [6.45, 7) is 14.3. The molecule has 0 saturated carbocycles. The largest absolute Gasteiger partial charge is 0.378 e. The van der Waals surface area contributed by atoms with Gasteiger partial charge in [0.25, 0.3) is 0 Å². The van der Waals surface area contributed by atoms with Crippen molar-refractivity contribution in [3.05, 3.63) is 126 Å². The fourth-order valence-electron chi connectivity index (χ4n) is 4.26. The Morgan fingerprint density at radius 2 is 0.744 bits per heavy atom. The average Bonchev–Trinajstić information content (AvgIpc) is 3.27. The molecule has 2 heteroatoms. The van der Waals surface area contributed by atoms with E-state index in [1.165, 1.54) is 33.5 Å². The minimum absolute atomic E-state index is 0.0472. The van der Waals surface area contributed by atoms with Crippen LogP contribution in [0.4, 0.5) is 5.69 Å². The van der Waals surface area contributed by atoms with E-state index < -0.39 is 0 Å². The fraction of sp³-hybridized carbons (Fsp3) is 0.351. The molecule has 0 radical (unpaired) electrons. The first kappa shape index (κ1) is 35.6. The van der Waals surface area contributed by atoms with Crippen molar-refractivity contribution in [2.75, 3.05) is 40.1 Å². The minimum Gasteiger partial charge on any atom is -0.378 e. The van der Waals surface area contributed by atoms with E-state index >= 15 is 0 Å². The molecule has 4 aromatic carbocycles. The lowest BCUT2D eigenvalue weighted by Crippen LogP contribution is -2.22. The van der Waals surface area contributed by atoms with Crippen molar-refractivity contribution in [1.29, 1.82) is 0 Å². The molecule has 212 valence electrons. The molecule has 1 aliphatic carbocycles. The molecule has 0 fully saturated rings. The first-order valence-corrected chi connectivity index (χ1v) is 14.4. The maximum Gasteiger partial charge on any atom is 0.0435 e. The molecule has 0 aromatic heterocycles. The van der Waals surface area contributed by atoms with Gasteiger partial charge in [-0.1, -0.05) is 139 Å². The van der Waals surface area contributed by atoms with Gasteiger partial charge in [0.15, 0.2) is 0 Å². The number of nitrogens with zero attached hydrogens (tertiary/aromatic N) is 2. The van der Waals surface area contributed by atoms with Gasteiger partial charge in [0.1, 0.15) is 0 Å². The summed E-state index contributed by atoms with van der Waals surface area (Å²) in [5.41, 5.74) is 8.12. The highest BCUT2D eigenvalue weighted by atomic mass is 15.1. The van der Waals surface area contributed by atoms with Crippen LogP contribution in [0.3, 0.4) is 0 Å². The van der Waals surface area contributed by atoms with Crippen molar-refractivity contribution in [2.45, 2.75) is 53.9 Å². The van der Waals surface area contributed by atoms with Gasteiger partial charge in [-0.2, -0.15) is 0 Å². The normalized spacial score (nSPS) is 11.0. The van der Waals surface area contributed by atoms with Crippen LogP contribution in [0.25, 0.3) is 11.1 Å². The van der Waals surface area contributed by atoms with Crippen molar-refractivity contribution in [3.8, 4) is 11.1 Å². The highest BCUT2D eigenvalue weighted by Crippen LogP contribution is 2.51. The Bertz CT molecular complexity index is 1080. The zero-order chi connectivity index (χ0) is 29.8. The van der Waals surface area contributed by atoms with E-state index in [4.69, 9.17) is 0 Å². The molecule has 0 saturated heterocycles. The van der Waals surface area contributed by atoms with E-state index in [0.29, 0.717) is 0 Å². The molecular formula is C37H54N2. The van der Waals surface area contributed by atoms with Crippen LogP contribution in [0, 0.1) is 0 Å². The van der Waals surface area contributed by atoms with Crippen molar-refractivity contribution >= 4 is 5.69 Å². The molecule has 0 amide bonds. The predicted molar refractivity (Wildman–Crippen MR) is 178 cm³/mol. The van der Waals surface area contributed by atoms with Crippen molar-refractivity contribution < 1.29 is 0 Å². The highest BCUT2D eigenvalue weighted by Gasteiger charge is 2.39. The topological polar surface area (TPSA) is 6.48 Å². The van der Waals surface area contributed by atoms with E-state index in [2.05, 4.69) is 103 Å². The summed E-state index contributed by atoms with van der Waals surface area (Å²) < 4.78 is 0. The van der Waals surface area contributed by atoms with Crippen LogP contribution in [-0.2, 0) is 5.41 Å².